The van der Waals surface area contributed by atoms with Crippen LogP contribution in [0.1, 0.15) is 28.9 Å². The highest BCUT2D eigenvalue weighted by Crippen LogP contribution is 2.18. The number of nitrogens with one attached hydrogen (secondary N) is 1. The van der Waals surface area contributed by atoms with Gasteiger partial charge in [-0.3, -0.25) is 4.68 Å². The van der Waals surface area contributed by atoms with Crippen molar-refractivity contribution >= 4 is 12.1 Å². The van der Waals surface area contributed by atoms with Gasteiger partial charge in [0.05, 0.1) is 25.5 Å². The van der Waals surface area contributed by atoms with Gasteiger partial charge in [-0.2, -0.15) is 5.10 Å². The maximum Gasteiger partial charge on any atom is 0.408 e. The van der Waals surface area contributed by atoms with Gasteiger partial charge in [0, 0.05) is 12.6 Å². The number of esters is 1. The van der Waals surface area contributed by atoms with Crippen molar-refractivity contribution < 1.29 is 24.2 Å². The van der Waals surface area contributed by atoms with Crippen molar-refractivity contribution in [2.45, 2.75) is 25.1 Å². The molecule has 0 radical (unpaired) electrons. The molecule has 0 saturated carbocycles. The Hall–Kier alpha value is -3.65. The summed E-state index contributed by atoms with van der Waals surface area (Å²) in [5.41, 5.74) is 2.21. The lowest BCUT2D eigenvalue weighted by molar-refractivity contribution is -0.144. The number of aliphatic hydroxyl groups is 1. The van der Waals surface area contributed by atoms with Crippen LogP contribution < -0.4 is 5.32 Å². The first-order valence-corrected chi connectivity index (χ1v) is 9.85. The number of amides is 1. The number of methoxy groups -OCH3 is 1. The van der Waals surface area contributed by atoms with Gasteiger partial charge in [0.25, 0.3) is 0 Å². The maximum atomic E-state index is 12.3. The number of ether oxygens (including phenoxy) is 2. The van der Waals surface area contributed by atoms with E-state index in [-0.39, 0.29) is 13.2 Å². The van der Waals surface area contributed by atoms with Gasteiger partial charge in [0.2, 0.25) is 0 Å². The summed E-state index contributed by atoms with van der Waals surface area (Å²) in [6, 6.07) is 19.0. The van der Waals surface area contributed by atoms with Crippen molar-refractivity contribution in [2.75, 3.05) is 13.7 Å². The third-order valence-electron chi connectivity index (χ3n) is 4.74. The zero-order valence-electron chi connectivity index (χ0n) is 17.2. The summed E-state index contributed by atoms with van der Waals surface area (Å²) in [6.45, 7) is -0.264. The third kappa shape index (κ3) is 6.16. The van der Waals surface area contributed by atoms with E-state index in [0.717, 1.165) is 11.1 Å². The SMILES string of the molecule is COC(=O)[C@H](Cc1ccccc1)n1ccc([C@H](CO)NC(=O)OCc2ccccc2)n1. The van der Waals surface area contributed by atoms with Crippen molar-refractivity contribution in [3.63, 3.8) is 0 Å². The molecule has 0 aliphatic rings. The van der Waals surface area contributed by atoms with E-state index in [4.69, 9.17) is 9.47 Å². The van der Waals surface area contributed by atoms with Gasteiger partial charge in [-0.25, -0.2) is 9.59 Å². The Kier molecular flexibility index (Phi) is 7.78. The molecule has 8 heteroatoms. The van der Waals surface area contributed by atoms with Gasteiger partial charge in [-0.1, -0.05) is 60.7 Å². The van der Waals surface area contributed by atoms with Crippen molar-refractivity contribution in [2.24, 2.45) is 0 Å². The molecule has 2 atom stereocenters. The number of hydrogen-bond donors (Lipinski definition) is 2. The molecular formula is C23H25N3O5. The normalized spacial score (nSPS) is 12.6. The lowest BCUT2D eigenvalue weighted by atomic mass is 10.1. The Balaban J connectivity index is 1.66. The molecule has 162 valence electrons. The molecule has 31 heavy (non-hydrogen) atoms. The predicted octanol–water partition coefficient (Wildman–Crippen LogP) is 2.80. The maximum absolute atomic E-state index is 12.3. The molecule has 3 aromatic rings. The molecule has 3 rings (SSSR count). The molecule has 1 heterocycles. The third-order valence-corrected chi connectivity index (χ3v) is 4.74. The Labute approximate surface area is 180 Å². The summed E-state index contributed by atoms with van der Waals surface area (Å²) in [6.07, 6.45) is 1.34. The molecule has 0 saturated heterocycles. The first-order valence-electron chi connectivity index (χ1n) is 9.85. The quantitative estimate of drug-likeness (QED) is 0.513. The van der Waals surface area contributed by atoms with E-state index in [0.29, 0.717) is 12.1 Å². The van der Waals surface area contributed by atoms with Crippen LogP contribution in [0.5, 0.6) is 0 Å². The predicted molar refractivity (Wildman–Crippen MR) is 113 cm³/mol. The molecule has 0 aliphatic carbocycles. The van der Waals surface area contributed by atoms with Crippen LogP contribution in [0, 0.1) is 0 Å². The number of aliphatic hydroxyl groups excluding tert-OH is 1. The smallest absolute Gasteiger partial charge is 0.408 e. The van der Waals surface area contributed by atoms with Gasteiger partial charge < -0.3 is 19.9 Å². The molecule has 0 unspecified atom stereocenters. The largest absolute Gasteiger partial charge is 0.467 e. The Morgan fingerprint density at radius 3 is 2.29 bits per heavy atom. The lowest BCUT2D eigenvalue weighted by Gasteiger charge is -2.17. The summed E-state index contributed by atoms with van der Waals surface area (Å²) in [5.74, 6) is -0.436. The average Bonchev–Trinajstić information content (AvgIpc) is 3.30. The molecule has 8 nitrogen and oxygen atoms in total. The fraction of sp³-hybridized carbons (Fsp3) is 0.261. The van der Waals surface area contributed by atoms with E-state index in [2.05, 4.69) is 10.4 Å². The summed E-state index contributed by atoms with van der Waals surface area (Å²) in [7, 11) is 1.32. The molecule has 1 aromatic heterocycles. The zero-order chi connectivity index (χ0) is 22.1. The lowest BCUT2D eigenvalue weighted by Crippen LogP contribution is -2.32. The van der Waals surface area contributed by atoms with Gasteiger partial charge in [-0.05, 0) is 17.2 Å². The molecule has 0 aliphatic heterocycles. The summed E-state index contributed by atoms with van der Waals surface area (Å²) < 4.78 is 11.6. The van der Waals surface area contributed by atoms with Crippen LogP contribution in [0.3, 0.4) is 0 Å². The van der Waals surface area contributed by atoms with Gasteiger partial charge in [-0.15, -0.1) is 0 Å². The number of rotatable bonds is 9. The van der Waals surface area contributed by atoms with Gasteiger partial charge in [0.15, 0.2) is 6.04 Å². The molecule has 0 bridgehead atoms. The second-order valence-electron chi connectivity index (χ2n) is 6.89. The Bertz CT molecular complexity index is 975. The van der Waals surface area contributed by atoms with Crippen LogP contribution >= 0.6 is 0 Å². The fourth-order valence-corrected chi connectivity index (χ4v) is 3.09. The van der Waals surface area contributed by atoms with Crippen LogP contribution in [0.25, 0.3) is 0 Å². The summed E-state index contributed by atoms with van der Waals surface area (Å²) in [5, 5.41) is 16.7. The van der Waals surface area contributed by atoms with E-state index < -0.39 is 24.1 Å². The standard InChI is InChI=1S/C23H25N3O5/c1-30-22(28)21(14-17-8-4-2-5-9-17)26-13-12-19(25-26)20(15-27)24-23(29)31-16-18-10-6-3-7-11-18/h2-13,20-21,27H,14-16H2,1H3,(H,24,29)/t20-,21-/m0/s1. The highest BCUT2D eigenvalue weighted by Gasteiger charge is 2.25. The number of aromatic nitrogens is 2. The minimum absolute atomic E-state index is 0.112. The molecule has 0 spiro atoms. The van der Waals surface area contributed by atoms with E-state index in [1.54, 1.807) is 12.3 Å². The van der Waals surface area contributed by atoms with Crippen LogP contribution in [0.4, 0.5) is 4.79 Å². The van der Waals surface area contributed by atoms with Crippen LogP contribution in [-0.4, -0.2) is 40.7 Å². The zero-order valence-corrected chi connectivity index (χ0v) is 17.2. The molecule has 1 amide bonds. The number of hydrogen-bond acceptors (Lipinski definition) is 6. The number of carbonyl (C=O) groups excluding carboxylic acids is 2. The van der Waals surface area contributed by atoms with Crippen LogP contribution in [-0.2, 0) is 27.3 Å². The van der Waals surface area contributed by atoms with Gasteiger partial charge in [0.1, 0.15) is 6.61 Å². The first-order chi connectivity index (χ1) is 15.1. The van der Waals surface area contributed by atoms with E-state index in [9.17, 15) is 14.7 Å². The molecule has 2 aromatic carbocycles. The molecule has 0 fully saturated rings. The van der Waals surface area contributed by atoms with Crippen molar-refractivity contribution in [3.05, 3.63) is 89.7 Å². The minimum Gasteiger partial charge on any atom is -0.467 e. The average molecular weight is 423 g/mol. The second-order valence-corrected chi connectivity index (χ2v) is 6.89. The second kappa shape index (κ2) is 10.9. The minimum atomic E-state index is -0.778. The summed E-state index contributed by atoms with van der Waals surface area (Å²) in [4.78, 5) is 24.5. The van der Waals surface area contributed by atoms with E-state index >= 15 is 0 Å². The number of nitrogens with zero attached hydrogens (tertiary/aromatic N) is 2. The monoisotopic (exact) mass is 423 g/mol. The van der Waals surface area contributed by atoms with Crippen molar-refractivity contribution in [1.29, 1.82) is 0 Å². The van der Waals surface area contributed by atoms with Gasteiger partial charge >= 0.3 is 12.1 Å². The molecule has 2 N–H and O–H groups in total. The number of carbonyl (C=O) groups is 2. The number of alkyl carbamates (subject to hydrolysis) is 1. The van der Waals surface area contributed by atoms with E-state index in [1.165, 1.54) is 11.8 Å². The van der Waals surface area contributed by atoms with Crippen LogP contribution in [0.15, 0.2) is 72.9 Å². The topological polar surface area (TPSA) is 103 Å². The Morgan fingerprint density at radius 2 is 1.68 bits per heavy atom. The Morgan fingerprint density at radius 1 is 1.03 bits per heavy atom. The van der Waals surface area contributed by atoms with Crippen molar-refractivity contribution in [3.8, 4) is 0 Å². The van der Waals surface area contributed by atoms with Crippen molar-refractivity contribution in [1.82, 2.24) is 15.1 Å². The number of benzene rings is 2. The summed E-state index contributed by atoms with van der Waals surface area (Å²) >= 11 is 0. The van der Waals surface area contributed by atoms with Crippen LogP contribution in [0.2, 0.25) is 0 Å². The highest BCUT2D eigenvalue weighted by molar-refractivity contribution is 5.74. The highest BCUT2D eigenvalue weighted by atomic mass is 16.5. The first kappa shape index (κ1) is 22.0. The van der Waals surface area contributed by atoms with E-state index in [1.807, 2.05) is 60.7 Å². The molecular weight excluding hydrogens is 398 g/mol. The fourth-order valence-electron chi connectivity index (χ4n) is 3.09.